The molecule has 1 saturated heterocycles. The monoisotopic (exact) mass is 213 g/mol. The van der Waals surface area contributed by atoms with Gasteiger partial charge < -0.3 is 14.5 Å². The highest BCUT2D eigenvalue weighted by Gasteiger charge is 2.18. The van der Waals surface area contributed by atoms with Gasteiger partial charge in [0, 0.05) is 0 Å². The molecule has 0 aromatic carbocycles. The van der Waals surface area contributed by atoms with Crippen molar-refractivity contribution in [3.63, 3.8) is 0 Å². The number of hydrogen-bond acceptors (Lipinski definition) is 4. The summed E-state index contributed by atoms with van der Waals surface area (Å²) in [6, 6.07) is 4.09. The first kappa shape index (κ1) is 10.1. The number of nitrogens with one attached hydrogen (secondary N) is 1. The van der Waals surface area contributed by atoms with Crippen LogP contribution in [0.15, 0.2) is 16.5 Å². The Bertz CT molecular complexity index is 283. The van der Waals surface area contributed by atoms with E-state index in [1.807, 2.05) is 24.9 Å². The molecule has 2 rings (SSSR count). The Morgan fingerprint density at radius 2 is 2.21 bits per heavy atom. The molecule has 3 nitrogen and oxygen atoms in total. The van der Waals surface area contributed by atoms with E-state index in [1.54, 1.807) is 0 Å². The van der Waals surface area contributed by atoms with Gasteiger partial charge in [-0.2, -0.15) is 0 Å². The zero-order valence-corrected chi connectivity index (χ0v) is 9.10. The Labute approximate surface area is 88.2 Å². The second-order valence-corrected chi connectivity index (χ2v) is 4.66. The molecule has 0 saturated carbocycles. The molecule has 1 fully saturated rings. The van der Waals surface area contributed by atoms with Crippen LogP contribution in [0.25, 0.3) is 0 Å². The smallest absolute Gasteiger partial charge is 0.117 e. The minimum Gasteiger partial charge on any atom is -0.464 e. The van der Waals surface area contributed by atoms with Crippen molar-refractivity contribution < 1.29 is 9.15 Å². The van der Waals surface area contributed by atoms with E-state index in [0.717, 1.165) is 37.0 Å². The average Bonchev–Trinajstić information content (AvgIpc) is 2.51. The predicted octanol–water partition coefficient (Wildman–Crippen LogP) is 1.63. The molecule has 1 aromatic rings. The quantitative estimate of drug-likeness (QED) is 0.806. The molecule has 0 aliphatic carbocycles. The second-order valence-electron chi connectivity index (χ2n) is 3.37. The summed E-state index contributed by atoms with van der Waals surface area (Å²) in [7, 11) is 1.92. The highest BCUT2D eigenvalue weighted by molar-refractivity contribution is 7.99. The predicted molar refractivity (Wildman–Crippen MR) is 57.4 cm³/mol. The van der Waals surface area contributed by atoms with Gasteiger partial charge in [0.25, 0.3) is 0 Å². The van der Waals surface area contributed by atoms with Crippen molar-refractivity contribution in [2.75, 3.05) is 20.3 Å². The topological polar surface area (TPSA) is 34.4 Å². The Hall–Kier alpha value is -0.450. The third kappa shape index (κ3) is 2.53. The van der Waals surface area contributed by atoms with E-state index in [-0.39, 0.29) is 0 Å². The first-order valence-electron chi connectivity index (χ1n) is 4.80. The summed E-state index contributed by atoms with van der Waals surface area (Å²) >= 11 is 1.91. The van der Waals surface area contributed by atoms with E-state index in [0.29, 0.717) is 5.25 Å². The van der Waals surface area contributed by atoms with Crippen molar-refractivity contribution in [2.24, 2.45) is 0 Å². The summed E-state index contributed by atoms with van der Waals surface area (Å²) in [6.07, 6.45) is 0. The van der Waals surface area contributed by atoms with Crippen molar-refractivity contribution in [1.82, 2.24) is 5.32 Å². The second kappa shape index (κ2) is 4.87. The maximum absolute atomic E-state index is 5.62. The van der Waals surface area contributed by atoms with Crippen molar-refractivity contribution >= 4 is 11.8 Å². The van der Waals surface area contributed by atoms with Crippen LogP contribution in [0.3, 0.4) is 0 Å². The van der Waals surface area contributed by atoms with Crippen LogP contribution in [-0.2, 0) is 17.0 Å². The molecule has 4 heteroatoms. The lowest BCUT2D eigenvalue weighted by Crippen LogP contribution is -2.30. The number of ether oxygens (including phenoxy) is 1. The van der Waals surface area contributed by atoms with E-state index in [1.165, 1.54) is 0 Å². The highest BCUT2D eigenvalue weighted by Crippen LogP contribution is 2.24. The van der Waals surface area contributed by atoms with Crippen molar-refractivity contribution in [1.29, 1.82) is 0 Å². The Morgan fingerprint density at radius 3 is 2.86 bits per heavy atom. The van der Waals surface area contributed by atoms with Gasteiger partial charge in [0.15, 0.2) is 0 Å². The summed E-state index contributed by atoms with van der Waals surface area (Å²) in [5.41, 5.74) is 0. The molecular weight excluding hydrogens is 198 g/mol. The van der Waals surface area contributed by atoms with Crippen LogP contribution >= 0.6 is 11.8 Å². The third-order valence-corrected chi connectivity index (χ3v) is 3.33. The molecule has 14 heavy (non-hydrogen) atoms. The summed E-state index contributed by atoms with van der Waals surface area (Å²) in [4.78, 5) is 0. The van der Waals surface area contributed by atoms with Gasteiger partial charge in [-0.25, -0.2) is 0 Å². The van der Waals surface area contributed by atoms with Gasteiger partial charge in [0.05, 0.1) is 30.8 Å². The van der Waals surface area contributed by atoms with Crippen molar-refractivity contribution in [2.45, 2.75) is 17.5 Å². The van der Waals surface area contributed by atoms with Gasteiger partial charge in [-0.1, -0.05) is 0 Å². The highest BCUT2D eigenvalue weighted by atomic mass is 32.2. The van der Waals surface area contributed by atoms with Gasteiger partial charge in [-0.3, -0.25) is 0 Å². The lowest BCUT2D eigenvalue weighted by molar-refractivity contribution is 0.0454. The van der Waals surface area contributed by atoms with Crippen molar-refractivity contribution in [3.8, 4) is 0 Å². The van der Waals surface area contributed by atoms with Crippen LogP contribution in [0.5, 0.6) is 0 Å². The van der Waals surface area contributed by atoms with Crippen LogP contribution in [0.1, 0.15) is 11.5 Å². The maximum atomic E-state index is 5.62. The first-order chi connectivity index (χ1) is 6.88. The average molecular weight is 213 g/mol. The lowest BCUT2D eigenvalue weighted by Gasteiger charge is -2.24. The van der Waals surface area contributed by atoms with Gasteiger partial charge in [0.1, 0.15) is 11.5 Å². The van der Waals surface area contributed by atoms with Crippen LogP contribution in [0, 0.1) is 0 Å². The van der Waals surface area contributed by atoms with Crippen LogP contribution < -0.4 is 5.32 Å². The standard InChI is InChI=1S/C10H15NO2S/c1-11-4-8-2-3-9(13-8)7-14-10-5-12-6-10/h2-3,10-11H,4-7H2,1H3. The molecule has 1 aliphatic rings. The number of rotatable bonds is 5. The van der Waals surface area contributed by atoms with Crippen LogP contribution in [0.2, 0.25) is 0 Å². The molecule has 0 unspecified atom stereocenters. The van der Waals surface area contributed by atoms with E-state index in [4.69, 9.17) is 9.15 Å². The van der Waals surface area contributed by atoms with E-state index in [2.05, 4.69) is 11.4 Å². The Balaban J connectivity index is 1.77. The van der Waals surface area contributed by atoms with Gasteiger partial charge in [0.2, 0.25) is 0 Å². The van der Waals surface area contributed by atoms with Crippen molar-refractivity contribution in [3.05, 3.63) is 23.7 Å². The molecular formula is C10H15NO2S. The molecule has 0 bridgehead atoms. The molecule has 1 aliphatic heterocycles. The number of thioether (sulfide) groups is 1. The summed E-state index contributed by atoms with van der Waals surface area (Å²) < 4.78 is 10.7. The minimum atomic E-state index is 0.674. The molecule has 0 radical (unpaired) electrons. The number of hydrogen-bond donors (Lipinski definition) is 1. The van der Waals surface area contributed by atoms with Gasteiger partial charge in [-0.15, -0.1) is 11.8 Å². The van der Waals surface area contributed by atoms with E-state index < -0.39 is 0 Å². The SMILES string of the molecule is CNCc1ccc(CSC2COC2)o1. The summed E-state index contributed by atoms with van der Waals surface area (Å²) in [5.74, 6) is 3.03. The molecule has 0 spiro atoms. The molecule has 78 valence electrons. The fraction of sp³-hybridized carbons (Fsp3) is 0.600. The minimum absolute atomic E-state index is 0.674. The van der Waals surface area contributed by atoms with Crippen LogP contribution in [0.4, 0.5) is 0 Å². The molecule has 1 N–H and O–H groups in total. The van der Waals surface area contributed by atoms with E-state index in [9.17, 15) is 0 Å². The molecule has 1 aromatic heterocycles. The lowest BCUT2D eigenvalue weighted by atomic mass is 10.4. The molecule has 0 amide bonds. The number of furan rings is 1. The summed E-state index contributed by atoms with van der Waals surface area (Å²) in [6.45, 7) is 2.60. The van der Waals surface area contributed by atoms with Gasteiger partial charge >= 0.3 is 0 Å². The Kier molecular flexibility index (Phi) is 3.50. The fourth-order valence-electron chi connectivity index (χ4n) is 1.28. The zero-order chi connectivity index (χ0) is 9.80. The van der Waals surface area contributed by atoms with Gasteiger partial charge in [-0.05, 0) is 19.2 Å². The maximum Gasteiger partial charge on any atom is 0.117 e. The first-order valence-corrected chi connectivity index (χ1v) is 5.85. The molecule has 2 heterocycles. The third-order valence-electron chi connectivity index (χ3n) is 2.14. The van der Waals surface area contributed by atoms with E-state index >= 15 is 0 Å². The zero-order valence-electron chi connectivity index (χ0n) is 8.29. The fourth-order valence-corrected chi connectivity index (χ4v) is 2.22. The summed E-state index contributed by atoms with van der Waals surface area (Å²) in [5, 5.41) is 3.74. The Morgan fingerprint density at radius 1 is 1.43 bits per heavy atom. The molecule has 0 atom stereocenters. The normalized spacial score (nSPS) is 16.9. The largest absolute Gasteiger partial charge is 0.464 e. The van der Waals surface area contributed by atoms with Crippen LogP contribution in [-0.4, -0.2) is 25.5 Å².